The molecule has 0 aliphatic heterocycles. The van der Waals surface area contributed by atoms with Gasteiger partial charge in [0.1, 0.15) is 0 Å². The first-order valence-electron chi connectivity index (χ1n) is 10.0. The first-order chi connectivity index (χ1) is 12.6. The maximum Gasteiger partial charge on any atom is 0.303 e. The van der Waals surface area contributed by atoms with Gasteiger partial charge in [-0.05, 0) is 24.8 Å². The average molecular weight is 363 g/mol. The Hall–Kier alpha value is -1.91. The van der Waals surface area contributed by atoms with Crippen molar-refractivity contribution in [1.29, 1.82) is 0 Å². The second-order valence-electron chi connectivity index (χ2n) is 7.06. The molecule has 26 heavy (non-hydrogen) atoms. The standard InChI is InChI=1S/C21H33NO4/c23-21(24)14-12-10-8-6-4-2-1-3-5-7-9-11-13-19-15-17-20(18-16-19)22(25)26/h15-18H,1-14H2,(H,23,24). The molecular weight excluding hydrogens is 330 g/mol. The molecule has 0 heterocycles. The van der Waals surface area contributed by atoms with E-state index in [-0.39, 0.29) is 10.6 Å². The number of nitro groups is 1. The van der Waals surface area contributed by atoms with Crippen LogP contribution in [-0.2, 0) is 11.2 Å². The van der Waals surface area contributed by atoms with Crippen LogP contribution in [0.5, 0.6) is 0 Å². The largest absolute Gasteiger partial charge is 0.481 e. The van der Waals surface area contributed by atoms with Gasteiger partial charge >= 0.3 is 5.97 Å². The van der Waals surface area contributed by atoms with Gasteiger partial charge in [-0.1, -0.05) is 76.3 Å². The van der Waals surface area contributed by atoms with E-state index in [0.717, 1.165) is 32.1 Å². The molecule has 0 aliphatic carbocycles. The zero-order valence-electron chi connectivity index (χ0n) is 15.8. The van der Waals surface area contributed by atoms with Gasteiger partial charge in [0, 0.05) is 18.6 Å². The Bertz CT molecular complexity index is 513. The van der Waals surface area contributed by atoms with Gasteiger partial charge in [-0.25, -0.2) is 0 Å². The molecule has 0 spiro atoms. The van der Waals surface area contributed by atoms with Gasteiger partial charge < -0.3 is 5.11 Å². The fourth-order valence-electron chi connectivity index (χ4n) is 3.16. The highest BCUT2D eigenvalue weighted by Gasteiger charge is 2.03. The minimum absolute atomic E-state index is 0.161. The minimum Gasteiger partial charge on any atom is -0.481 e. The van der Waals surface area contributed by atoms with E-state index < -0.39 is 5.97 Å². The van der Waals surface area contributed by atoms with Crippen molar-refractivity contribution in [3.05, 3.63) is 39.9 Å². The summed E-state index contributed by atoms with van der Waals surface area (Å²) in [7, 11) is 0. The SMILES string of the molecule is O=C(O)CCCCCCCCCCCCCCc1ccc([N+](=O)[O-])cc1. The molecule has 0 aromatic heterocycles. The summed E-state index contributed by atoms with van der Waals surface area (Å²) in [6.07, 6.45) is 15.7. The molecule has 0 atom stereocenters. The number of aryl methyl sites for hydroxylation is 1. The van der Waals surface area contributed by atoms with Crippen molar-refractivity contribution >= 4 is 11.7 Å². The molecule has 1 aromatic carbocycles. The lowest BCUT2D eigenvalue weighted by atomic mass is 10.0. The molecule has 0 radical (unpaired) electrons. The van der Waals surface area contributed by atoms with E-state index in [1.54, 1.807) is 12.1 Å². The summed E-state index contributed by atoms with van der Waals surface area (Å²) in [4.78, 5) is 20.6. The number of hydrogen-bond acceptors (Lipinski definition) is 3. The molecular formula is C21H33NO4. The van der Waals surface area contributed by atoms with Gasteiger partial charge in [0.15, 0.2) is 0 Å². The van der Waals surface area contributed by atoms with Gasteiger partial charge in [-0.2, -0.15) is 0 Å². The molecule has 0 amide bonds. The number of non-ortho nitro benzene ring substituents is 1. The quantitative estimate of drug-likeness (QED) is 0.212. The van der Waals surface area contributed by atoms with Gasteiger partial charge in [0.05, 0.1) is 4.92 Å². The lowest BCUT2D eigenvalue weighted by Crippen LogP contribution is -1.93. The highest BCUT2D eigenvalue weighted by molar-refractivity contribution is 5.66. The Morgan fingerprint density at radius 2 is 1.19 bits per heavy atom. The summed E-state index contributed by atoms with van der Waals surface area (Å²) in [5.41, 5.74) is 1.34. The molecule has 0 aliphatic rings. The van der Waals surface area contributed by atoms with Crippen LogP contribution < -0.4 is 0 Å². The first-order valence-corrected chi connectivity index (χ1v) is 10.0. The third-order valence-corrected chi connectivity index (χ3v) is 4.75. The normalized spacial score (nSPS) is 10.8. The molecule has 0 saturated carbocycles. The van der Waals surface area contributed by atoms with Crippen LogP contribution in [0.2, 0.25) is 0 Å². The van der Waals surface area contributed by atoms with Crippen LogP contribution >= 0.6 is 0 Å². The highest BCUT2D eigenvalue weighted by atomic mass is 16.6. The molecule has 0 fully saturated rings. The molecule has 146 valence electrons. The second kappa shape index (κ2) is 14.3. The van der Waals surface area contributed by atoms with E-state index in [9.17, 15) is 14.9 Å². The first kappa shape index (κ1) is 22.1. The highest BCUT2D eigenvalue weighted by Crippen LogP contribution is 2.16. The Morgan fingerprint density at radius 1 is 0.769 bits per heavy atom. The lowest BCUT2D eigenvalue weighted by molar-refractivity contribution is -0.384. The molecule has 5 nitrogen and oxygen atoms in total. The fraction of sp³-hybridized carbons (Fsp3) is 0.667. The summed E-state index contributed by atoms with van der Waals surface area (Å²) in [6, 6.07) is 6.89. The van der Waals surface area contributed by atoms with Crippen LogP contribution in [-0.4, -0.2) is 16.0 Å². The average Bonchev–Trinajstić information content (AvgIpc) is 2.62. The van der Waals surface area contributed by atoms with Crippen LogP contribution in [0.3, 0.4) is 0 Å². The predicted octanol–water partition coefficient (Wildman–Crippen LogP) is 6.29. The number of hydrogen-bond donors (Lipinski definition) is 1. The number of carboxylic acid groups (broad SMARTS) is 1. The van der Waals surface area contributed by atoms with Crippen molar-refractivity contribution in [2.75, 3.05) is 0 Å². The molecule has 0 bridgehead atoms. The number of benzene rings is 1. The van der Waals surface area contributed by atoms with Crippen LogP contribution in [0.25, 0.3) is 0 Å². The maximum atomic E-state index is 10.6. The summed E-state index contributed by atoms with van der Waals surface area (Å²) in [5.74, 6) is -0.683. The van der Waals surface area contributed by atoms with Gasteiger partial charge in [0.2, 0.25) is 0 Å². The van der Waals surface area contributed by atoms with Crippen molar-refractivity contribution in [2.24, 2.45) is 0 Å². The fourth-order valence-corrected chi connectivity index (χ4v) is 3.16. The van der Waals surface area contributed by atoms with E-state index in [1.165, 1.54) is 56.9 Å². The molecule has 1 N–H and O–H groups in total. The predicted molar refractivity (Wildman–Crippen MR) is 104 cm³/mol. The Morgan fingerprint density at radius 3 is 1.62 bits per heavy atom. The van der Waals surface area contributed by atoms with E-state index >= 15 is 0 Å². The zero-order valence-corrected chi connectivity index (χ0v) is 15.8. The number of carboxylic acids is 1. The summed E-state index contributed by atoms with van der Waals surface area (Å²) in [5, 5.41) is 19.2. The lowest BCUT2D eigenvalue weighted by Gasteiger charge is -2.03. The van der Waals surface area contributed by atoms with Gasteiger partial charge in [-0.3, -0.25) is 14.9 Å². The van der Waals surface area contributed by atoms with Crippen molar-refractivity contribution in [1.82, 2.24) is 0 Å². The van der Waals surface area contributed by atoms with E-state index in [0.29, 0.717) is 6.42 Å². The molecule has 5 heteroatoms. The van der Waals surface area contributed by atoms with Crippen molar-refractivity contribution in [3.8, 4) is 0 Å². The Kier molecular flexibility index (Phi) is 12.2. The van der Waals surface area contributed by atoms with Crippen LogP contribution in [0.15, 0.2) is 24.3 Å². The van der Waals surface area contributed by atoms with Crippen LogP contribution in [0.4, 0.5) is 5.69 Å². The van der Waals surface area contributed by atoms with Crippen molar-refractivity contribution < 1.29 is 14.8 Å². The number of nitro benzene ring substituents is 1. The van der Waals surface area contributed by atoms with Gasteiger partial charge in [0.25, 0.3) is 5.69 Å². The molecule has 1 aromatic rings. The number of carbonyl (C=O) groups is 1. The smallest absolute Gasteiger partial charge is 0.303 e. The number of nitrogens with zero attached hydrogens (tertiary/aromatic N) is 1. The molecule has 0 unspecified atom stereocenters. The van der Waals surface area contributed by atoms with Crippen molar-refractivity contribution in [3.63, 3.8) is 0 Å². The zero-order chi connectivity index (χ0) is 19.0. The second-order valence-corrected chi connectivity index (χ2v) is 7.06. The van der Waals surface area contributed by atoms with Crippen LogP contribution in [0.1, 0.15) is 89.0 Å². The third kappa shape index (κ3) is 11.6. The monoisotopic (exact) mass is 363 g/mol. The summed E-state index contributed by atoms with van der Waals surface area (Å²) < 4.78 is 0. The topological polar surface area (TPSA) is 80.4 Å². The van der Waals surface area contributed by atoms with E-state index in [4.69, 9.17) is 5.11 Å². The maximum absolute atomic E-state index is 10.6. The van der Waals surface area contributed by atoms with Crippen LogP contribution in [0, 0.1) is 10.1 Å². The third-order valence-electron chi connectivity index (χ3n) is 4.75. The number of aliphatic carboxylic acids is 1. The van der Waals surface area contributed by atoms with Crippen molar-refractivity contribution in [2.45, 2.75) is 89.9 Å². The van der Waals surface area contributed by atoms with Gasteiger partial charge in [-0.15, -0.1) is 0 Å². The number of rotatable bonds is 16. The Balaban J connectivity index is 1.85. The van der Waals surface area contributed by atoms with E-state index in [2.05, 4.69) is 0 Å². The Labute approximate surface area is 157 Å². The molecule has 1 rings (SSSR count). The molecule has 0 saturated heterocycles. The summed E-state index contributed by atoms with van der Waals surface area (Å²) >= 11 is 0. The number of unbranched alkanes of at least 4 members (excludes halogenated alkanes) is 11. The summed E-state index contributed by atoms with van der Waals surface area (Å²) in [6.45, 7) is 0. The minimum atomic E-state index is -0.683. The van der Waals surface area contributed by atoms with E-state index in [1.807, 2.05) is 12.1 Å².